The Kier molecular flexibility index (Phi) is 5.17. The number of ether oxygens (including phenoxy) is 1. The van der Waals surface area contributed by atoms with E-state index in [4.69, 9.17) is 4.74 Å². The molecule has 0 aliphatic carbocycles. The molecule has 1 unspecified atom stereocenters. The van der Waals surface area contributed by atoms with Crippen molar-refractivity contribution in [3.05, 3.63) is 47.3 Å². The van der Waals surface area contributed by atoms with Crippen molar-refractivity contribution in [2.45, 2.75) is 19.4 Å². The minimum absolute atomic E-state index is 0.0801. The van der Waals surface area contributed by atoms with E-state index < -0.39 is 0 Å². The Morgan fingerprint density at radius 3 is 2.54 bits per heavy atom. The number of piperazine rings is 1. The van der Waals surface area contributed by atoms with E-state index >= 15 is 0 Å². The number of anilines is 1. The molecular weight excluding hydrogens is 354 g/mol. The summed E-state index contributed by atoms with van der Waals surface area (Å²) in [6.45, 7) is 6.68. The molecular formula is C21H27N5O2. The normalized spacial score (nSPS) is 17.8. The Bertz CT molecular complexity index is 844. The fraction of sp³-hybridized carbons (Fsp3) is 0.476. The predicted octanol–water partition coefficient (Wildman–Crippen LogP) is 2.00. The van der Waals surface area contributed by atoms with Gasteiger partial charge in [0.1, 0.15) is 5.75 Å². The lowest BCUT2D eigenvalue weighted by atomic mass is 10.0. The summed E-state index contributed by atoms with van der Waals surface area (Å²) in [6, 6.07) is 6.98. The summed E-state index contributed by atoms with van der Waals surface area (Å²) >= 11 is 0. The topological polar surface area (TPSA) is 61.8 Å². The number of nitrogens with zero attached hydrogens (tertiary/aromatic N) is 5. The molecule has 1 aromatic heterocycles. The lowest BCUT2D eigenvalue weighted by Gasteiger charge is -2.38. The second-order valence-corrected chi connectivity index (χ2v) is 7.64. The van der Waals surface area contributed by atoms with Crippen molar-refractivity contribution >= 4 is 11.9 Å². The molecule has 1 aromatic carbocycles. The second kappa shape index (κ2) is 7.75. The van der Waals surface area contributed by atoms with Crippen molar-refractivity contribution in [3.8, 4) is 5.75 Å². The molecule has 2 aliphatic rings. The van der Waals surface area contributed by atoms with Gasteiger partial charge < -0.3 is 14.5 Å². The van der Waals surface area contributed by atoms with Crippen LogP contribution in [0.3, 0.4) is 0 Å². The first-order chi connectivity index (χ1) is 13.5. The standard InChI is InChI=1S/C21H27N5O2/c1-15(17-5-4-16-6-11-28-19(16)12-17)25-7-9-26(10-8-25)21-22-13-18(14-23-21)20(27)24(2)3/h4-5,12-15H,6-11H2,1-3H3. The Morgan fingerprint density at radius 2 is 1.86 bits per heavy atom. The molecule has 0 bridgehead atoms. The Balaban J connectivity index is 1.37. The largest absolute Gasteiger partial charge is 0.493 e. The molecule has 1 saturated heterocycles. The number of benzene rings is 1. The SMILES string of the molecule is CC(c1ccc2c(c1)OCC2)N1CCN(c2ncc(C(=O)N(C)C)cn2)CC1. The summed E-state index contributed by atoms with van der Waals surface area (Å²) in [5.74, 6) is 1.65. The lowest BCUT2D eigenvalue weighted by molar-refractivity contribution is 0.0827. The highest BCUT2D eigenvalue weighted by Gasteiger charge is 2.25. The molecule has 0 spiro atoms. The maximum absolute atomic E-state index is 12.0. The zero-order chi connectivity index (χ0) is 19.7. The van der Waals surface area contributed by atoms with Gasteiger partial charge in [-0.05, 0) is 24.1 Å². The number of carbonyl (C=O) groups is 1. The molecule has 7 nitrogen and oxygen atoms in total. The minimum Gasteiger partial charge on any atom is -0.493 e. The van der Waals surface area contributed by atoms with Crippen molar-refractivity contribution < 1.29 is 9.53 Å². The number of amides is 1. The predicted molar refractivity (Wildman–Crippen MR) is 108 cm³/mol. The summed E-state index contributed by atoms with van der Waals surface area (Å²) in [5, 5.41) is 0. The molecule has 7 heteroatoms. The highest BCUT2D eigenvalue weighted by Crippen LogP contribution is 2.31. The number of rotatable bonds is 4. The quantitative estimate of drug-likeness (QED) is 0.807. The first-order valence-electron chi connectivity index (χ1n) is 9.81. The monoisotopic (exact) mass is 381 g/mol. The van der Waals surface area contributed by atoms with Crippen LogP contribution in [-0.2, 0) is 6.42 Å². The molecule has 1 atom stereocenters. The fourth-order valence-electron chi connectivity index (χ4n) is 3.82. The minimum atomic E-state index is -0.0801. The number of carbonyl (C=O) groups excluding carboxylic acids is 1. The molecule has 0 N–H and O–H groups in total. The van der Waals surface area contributed by atoms with Crippen LogP contribution in [0.2, 0.25) is 0 Å². The van der Waals surface area contributed by atoms with Gasteiger partial charge in [-0.2, -0.15) is 0 Å². The Hall–Kier alpha value is -2.67. The molecule has 3 heterocycles. The van der Waals surface area contributed by atoms with E-state index in [1.165, 1.54) is 16.0 Å². The lowest BCUT2D eigenvalue weighted by Crippen LogP contribution is -2.47. The Morgan fingerprint density at radius 1 is 1.14 bits per heavy atom. The van der Waals surface area contributed by atoms with E-state index in [0.29, 0.717) is 17.6 Å². The second-order valence-electron chi connectivity index (χ2n) is 7.64. The van der Waals surface area contributed by atoms with E-state index in [0.717, 1.165) is 45.0 Å². The van der Waals surface area contributed by atoms with Crippen LogP contribution in [0.1, 0.15) is 34.5 Å². The van der Waals surface area contributed by atoms with Crippen molar-refractivity contribution in [1.82, 2.24) is 19.8 Å². The van der Waals surface area contributed by atoms with Gasteiger partial charge >= 0.3 is 0 Å². The van der Waals surface area contributed by atoms with Gasteiger partial charge in [-0.25, -0.2) is 9.97 Å². The summed E-state index contributed by atoms with van der Waals surface area (Å²) in [6.07, 6.45) is 4.25. The third-order valence-electron chi connectivity index (χ3n) is 5.64. The third kappa shape index (κ3) is 3.67. The van der Waals surface area contributed by atoms with Gasteiger partial charge in [-0.3, -0.25) is 9.69 Å². The van der Waals surface area contributed by atoms with Crippen molar-refractivity contribution in [2.75, 3.05) is 51.8 Å². The van der Waals surface area contributed by atoms with Gasteiger partial charge in [0.15, 0.2) is 0 Å². The molecule has 4 rings (SSSR count). The van der Waals surface area contributed by atoms with Crippen LogP contribution in [0, 0.1) is 0 Å². The van der Waals surface area contributed by atoms with Crippen LogP contribution in [0.15, 0.2) is 30.6 Å². The maximum atomic E-state index is 12.0. The fourth-order valence-corrected chi connectivity index (χ4v) is 3.82. The zero-order valence-corrected chi connectivity index (χ0v) is 16.8. The molecule has 0 saturated carbocycles. The van der Waals surface area contributed by atoms with E-state index in [9.17, 15) is 4.79 Å². The molecule has 1 amide bonds. The first-order valence-corrected chi connectivity index (χ1v) is 9.81. The summed E-state index contributed by atoms with van der Waals surface area (Å²) in [4.78, 5) is 27.0. The third-order valence-corrected chi connectivity index (χ3v) is 5.64. The number of fused-ring (bicyclic) bond motifs is 1. The molecule has 28 heavy (non-hydrogen) atoms. The van der Waals surface area contributed by atoms with Crippen LogP contribution < -0.4 is 9.64 Å². The van der Waals surface area contributed by atoms with E-state index in [-0.39, 0.29) is 5.91 Å². The van der Waals surface area contributed by atoms with E-state index in [1.54, 1.807) is 26.5 Å². The van der Waals surface area contributed by atoms with Crippen LogP contribution in [0.25, 0.3) is 0 Å². The van der Waals surface area contributed by atoms with Crippen LogP contribution in [-0.4, -0.2) is 72.6 Å². The first kappa shape index (κ1) is 18.7. The van der Waals surface area contributed by atoms with E-state index in [2.05, 4.69) is 44.9 Å². The van der Waals surface area contributed by atoms with Gasteiger partial charge in [-0.1, -0.05) is 12.1 Å². The molecule has 148 valence electrons. The summed E-state index contributed by atoms with van der Waals surface area (Å²) in [5.41, 5.74) is 3.13. The summed E-state index contributed by atoms with van der Waals surface area (Å²) in [7, 11) is 3.45. The highest BCUT2D eigenvalue weighted by molar-refractivity contribution is 5.93. The van der Waals surface area contributed by atoms with Gasteiger partial charge in [0.05, 0.1) is 12.2 Å². The molecule has 2 aromatic rings. The molecule has 0 radical (unpaired) electrons. The highest BCUT2D eigenvalue weighted by atomic mass is 16.5. The van der Waals surface area contributed by atoms with Crippen molar-refractivity contribution in [3.63, 3.8) is 0 Å². The van der Waals surface area contributed by atoms with Gasteiger partial charge in [-0.15, -0.1) is 0 Å². The average Bonchev–Trinajstić information content (AvgIpc) is 3.21. The summed E-state index contributed by atoms with van der Waals surface area (Å²) < 4.78 is 5.72. The van der Waals surface area contributed by atoms with Crippen molar-refractivity contribution in [1.29, 1.82) is 0 Å². The Labute approximate surface area is 165 Å². The van der Waals surface area contributed by atoms with Crippen LogP contribution >= 0.6 is 0 Å². The average molecular weight is 381 g/mol. The number of hydrogen-bond donors (Lipinski definition) is 0. The van der Waals surface area contributed by atoms with Gasteiger partial charge in [0, 0.05) is 65.1 Å². The van der Waals surface area contributed by atoms with E-state index in [1.807, 2.05) is 0 Å². The van der Waals surface area contributed by atoms with Crippen molar-refractivity contribution in [2.24, 2.45) is 0 Å². The maximum Gasteiger partial charge on any atom is 0.256 e. The number of hydrogen-bond acceptors (Lipinski definition) is 6. The van der Waals surface area contributed by atoms with Crippen LogP contribution in [0.5, 0.6) is 5.75 Å². The van der Waals surface area contributed by atoms with Crippen LogP contribution in [0.4, 0.5) is 5.95 Å². The zero-order valence-electron chi connectivity index (χ0n) is 16.8. The molecule has 2 aliphatic heterocycles. The number of aromatic nitrogens is 2. The van der Waals surface area contributed by atoms with Gasteiger partial charge in [0.2, 0.25) is 5.95 Å². The van der Waals surface area contributed by atoms with Gasteiger partial charge in [0.25, 0.3) is 5.91 Å². The smallest absolute Gasteiger partial charge is 0.256 e. The molecule has 1 fully saturated rings.